The molecule has 0 aromatic carbocycles. The Labute approximate surface area is 110 Å². The van der Waals surface area contributed by atoms with Crippen LogP contribution in [0.4, 0.5) is 5.82 Å². The van der Waals surface area contributed by atoms with Gasteiger partial charge in [0.1, 0.15) is 22.7 Å². The number of ether oxygens (including phenoxy) is 1. The number of nitrogen functional groups attached to an aromatic ring is 1. The second-order valence-corrected chi connectivity index (χ2v) is 5.35. The highest BCUT2D eigenvalue weighted by Gasteiger charge is 2.23. The topological polar surface area (TPSA) is 61.0 Å². The van der Waals surface area contributed by atoms with E-state index in [2.05, 4.69) is 32.8 Å². The Bertz CT molecular complexity index is 386. The zero-order valence-electron chi connectivity index (χ0n) is 10.0. The smallest absolute Gasteiger partial charge is 0.233 e. The van der Waals surface area contributed by atoms with Gasteiger partial charge in [-0.05, 0) is 41.1 Å². The van der Waals surface area contributed by atoms with Gasteiger partial charge in [-0.2, -0.15) is 0 Å². The van der Waals surface area contributed by atoms with Crippen molar-refractivity contribution in [3.8, 4) is 5.88 Å². The molecule has 0 amide bonds. The van der Waals surface area contributed by atoms with E-state index in [1.165, 1.54) is 25.6 Å². The third-order valence-electron chi connectivity index (χ3n) is 3.37. The summed E-state index contributed by atoms with van der Waals surface area (Å²) in [5.74, 6) is 1.78. The van der Waals surface area contributed by atoms with Crippen LogP contribution in [0.2, 0.25) is 0 Å². The molecule has 2 atom stereocenters. The van der Waals surface area contributed by atoms with Crippen molar-refractivity contribution in [1.82, 2.24) is 9.97 Å². The molecule has 1 aliphatic rings. The fraction of sp³-hybridized carbons (Fsp3) is 0.667. The highest BCUT2D eigenvalue weighted by Crippen LogP contribution is 2.32. The second-order valence-electron chi connectivity index (χ2n) is 4.56. The van der Waals surface area contributed by atoms with Crippen LogP contribution in [0.1, 0.15) is 39.0 Å². The number of nitrogens with two attached hydrogens (primary N) is 1. The molecule has 2 N–H and O–H groups in total. The summed E-state index contributed by atoms with van der Waals surface area (Å²) in [5, 5.41) is 0. The molecule has 0 aliphatic heterocycles. The first-order valence-corrected chi connectivity index (χ1v) is 6.92. The van der Waals surface area contributed by atoms with Crippen molar-refractivity contribution in [3.63, 3.8) is 0 Å². The summed E-state index contributed by atoms with van der Waals surface area (Å²) in [6.45, 7) is 2.24. The van der Waals surface area contributed by atoms with E-state index in [4.69, 9.17) is 10.5 Å². The van der Waals surface area contributed by atoms with E-state index in [0.29, 0.717) is 16.2 Å². The fourth-order valence-electron chi connectivity index (χ4n) is 2.33. The average Bonchev–Trinajstić information content (AvgIpc) is 2.35. The molecule has 0 radical (unpaired) electrons. The summed E-state index contributed by atoms with van der Waals surface area (Å²) in [5.41, 5.74) is 5.70. The van der Waals surface area contributed by atoms with Crippen LogP contribution in [0.25, 0.3) is 0 Å². The predicted molar refractivity (Wildman–Crippen MR) is 70.8 cm³/mol. The first-order chi connectivity index (χ1) is 8.20. The van der Waals surface area contributed by atoms with Crippen molar-refractivity contribution in [2.75, 3.05) is 5.73 Å². The van der Waals surface area contributed by atoms with E-state index < -0.39 is 0 Å². The summed E-state index contributed by atoms with van der Waals surface area (Å²) in [6.07, 6.45) is 7.71. The minimum atomic E-state index is 0.263. The molecule has 1 saturated carbocycles. The van der Waals surface area contributed by atoms with Crippen molar-refractivity contribution < 1.29 is 4.74 Å². The third kappa shape index (κ3) is 3.09. The Morgan fingerprint density at radius 3 is 3.06 bits per heavy atom. The number of nitrogens with zero attached hydrogens (tertiary/aromatic N) is 2. The molecular formula is C12H18BrN3O. The number of aromatic nitrogens is 2. The van der Waals surface area contributed by atoms with Gasteiger partial charge in [0.15, 0.2) is 0 Å². The maximum Gasteiger partial charge on any atom is 0.233 e. The molecule has 2 rings (SSSR count). The molecule has 1 heterocycles. The van der Waals surface area contributed by atoms with Crippen LogP contribution >= 0.6 is 15.9 Å². The van der Waals surface area contributed by atoms with Crippen LogP contribution in [-0.2, 0) is 0 Å². The van der Waals surface area contributed by atoms with Gasteiger partial charge in [0.25, 0.3) is 0 Å². The maximum atomic E-state index is 5.92. The highest BCUT2D eigenvalue weighted by molar-refractivity contribution is 9.10. The Kier molecular flexibility index (Phi) is 4.20. The molecule has 1 aliphatic carbocycles. The monoisotopic (exact) mass is 299 g/mol. The lowest BCUT2D eigenvalue weighted by atomic mass is 9.85. The molecular weight excluding hydrogens is 282 g/mol. The van der Waals surface area contributed by atoms with Gasteiger partial charge in [0.2, 0.25) is 5.88 Å². The predicted octanol–water partition coefficient (Wildman–Crippen LogP) is 3.17. The minimum absolute atomic E-state index is 0.263. The first kappa shape index (κ1) is 12.6. The standard InChI is InChI=1S/C12H18BrN3O/c1-2-8-4-3-5-9(6-8)17-12-10(13)11(14)15-7-16-12/h7-9H,2-6H2,1H3,(H2,14,15,16). The van der Waals surface area contributed by atoms with Gasteiger partial charge in [-0.1, -0.05) is 19.8 Å². The molecule has 1 fully saturated rings. The quantitative estimate of drug-likeness (QED) is 0.931. The fourth-order valence-corrected chi connectivity index (χ4v) is 2.62. The Hall–Kier alpha value is -0.840. The molecule has 5 heteroatoms. The molecule has 0 bridgehead atoms. The Morgan fingerprint density at radius 2 is 2.29 bits per heavy atom. The largest absolute Gasteiger partial charge is 0.473 e. The lowest BCUT2D eigenvalue weighted by Crippen LogP contribution is -2.25. The van der Waals surface area contributed by atoms with E-state index in [0.717, 1.165) is 18.8 Å². The SMILES string of the molecule is CCC1CCCC(Oc2ncnc(N)c2Br)C1. The van der Waals surface area contributed by atoms with Gasteiger partial charge < -0.3 is 10.5 Å². The minimum Gasteiger partial charge on any atom is -0.473 e. The van der Waals surface area contributed by atoms with Crippen molar-refractivity contribution in [2.45, 2.75) is 45.1 Å². The van der Waals surface area contributed by atoms with Gasteiger partial charge in [-0.3, -0.25) is 0 Å². The van der Waals surface area contributed by atoms with Gasteiger partial charge in [-0.25, -0.2) is 9.97 Å². The van der Waals surface area contributed by atoms with Crippen LogP contribution in [0.3, 0.4) is 0 Å². The van der Waals surface area contributed by atoms with Gasteiger partial charge >= 0.3 is 0 Å². The molecule has 0 saturated heterocycles. The normalized spacial score (nSPS) is 24.6. The van der Waals surface area contributed by atoms with Gasteiger partial charge in [0.05, 0.1) is 0 Å². The van der Waals surface area contributed by atoms with E-state index in [9.17, 15) is 0 Å². The zero-order valence-corrected chi connectivity index (χ0v) is 11.6. The number of anilines is 1. The lowest BCUT2D eigenvalue weighted by molar-refractivity contribution is 0.116. The summed E-state index contributed by atoms with van der Waals surface area (Å²) < 4.78 is 6.59. The average molecular weight is 300 g/mol. The summed E-state index contributed by atoms with van der Waals surface area (Å²) in [4.78, 5) is 8.03. The van der Waals surface area contributed by atoms with Crippen molar-refractivity contribution in [2.24, 2.45) is 5.92 Å². The second kappa shape index (κ2) is 5.67. The van der Waals surface area contributed by atoms with E-state index in [1.807, 2.05) is 0 Å². The molecule has 0 spiro atoms. The molecule has 2 unspecified atom stereocenters. The molecule has 1 aromatic heterocycles. The van der Waals surface area contributed by atoms with Crippen molar-refractivity contribution in [1.29, 1.82) is 0 Å². The van der Waals surface area contributed by atoms with Crippen LogP contribution < -0.4 is 10.5 Å². The van der Waals surface area contributed by atoms with E-state index >= 15 is 0 Å². The highest BCUT2D eigenvalue weighted by atomic mass is 79.9. The van der Waals surface area contributed by atoms with Crippen LogP contribution in [0.5, 0.6) is 5.88 Å². The number of halogens is 1. The van der Waals surface area contributed by atoms with E-state index in [-0.39, 0.29) is 6.10 Å². The lowest BCUT2D eigenvalue weighted by Gasteiger charge is -2.28. The van der Waals surface area contributed by atoms with Crippen LogP contribution in [-0.4, -0.2) is 16.1 Å². The molecule has 94 valence electrons. The number of hydrogen-bond acceptors (Lipinski definition) is 4. The molecule has 1 aromatic rings. The maximum absolute atomic E-state index is 5.92. The first-order valence-electron chi connectivity index (χ1n) is 6.13. The van der Waals surface area contributed by atoms with Gasteiger partial charge in [-0.15, -0.1) is 0 Å². The zero-order chi connectivity index (χ0) is 12.3. The molecule has 4 nitrogen and oxygen atoms in total. The summed E-state index contributed by atoms with van der Waals surface area (Å²) in [7, 11) is 0. The summed E-state index contributed by atoms with van der Waals surface area (Å²) in [6, 6.07) is 0. The van der Waals surface area contributed by atoms with Crippen molar-refractivity contribution >= 4 is 21.7 Å². The Morgan fingerprint density at radius 1 is 1.47 bits per heavy atom. The number of hydrogen-bond donors (Lipinski definition) is 1. The third-order valence-corrected chi connectivity index (χ3v) is 4.12. The number of rotatable bonds is 3. The van der Waals surface area contributed by atoms with E-state index in [1.54, 1.807) is 0 Å². The summed E-state index contributed by atoms with van der Waals surface area (Å²) >= 11 is 3.36. The van der Waals surface area contributed by atoms with Crippen LogP contribution in [0, 0.1) is 5.92 Å². The van der Waals surface area contributed by atoms with Gasteiger partial charge in [0, 0.05) is 0 Å². The molecule has 17 heavy (non-hydrogen) atoms. The van der Waals surface area contributed by atoms with Crippen LogP contribution in [0.15, 0.2) is 10.8 Å². The van der Waals surface area contributed by atoms with Crippen molar-refractivity contribution in [3.05, 3.63) is 10.8 Å². The Balaban J connectivity index is 2.02.